The van der Waals surface area contributed by atoms with Crippen LogP contribution in [-0.2, 0) is 0 Å². The Morgan fingerprint density at radius 1 is 1.09 bits per heavy atom. The molecule has 1 amide bonds. The number of aromatic nitrogens is 1. The molecule has 0 unspecified atom stereocenters. The van der Waals surface area contributed by atoms with Crippen LogP contribution in [-0.4, -0.2) is 10.9 Å². The molecule has 22 heavy (non-hydrogen) atoms. The lowest BCUT2D eigenvalue weighted by Crippen LogP contribution is -2.13. The summed E-state index contributed by atoms with van der Waals surface area (Å²) >= 11 is 0. The van der Waals surface area contributed by atoms with Crippen LogP contribution in [0.5, 0.6) is 0 Å². The van der Waals surface area contributed by atoms with Crippen molar-refractivity contribution >= 4 is 22.5 Å². The van der Waals surface area contributed by atoms with E-state index in [9.17, 15) is 9.18 Å². The number of hydrogen-bond donors (Lipinski definition) is 2. The van der Waals surface area contributed by atoms with E-state index in [0.29, 0.717) is 10.9 Å². The number of hydrogen-bond acceptors (Lipinski definition) is 1. The summed E-state index contributed by atoms with van der Waals surface area (Å²) in [5.74, 6) is -0.601. The Balaban J connectivity index is 1.99. The smallest absolute Gasteiger partial charge is 0.257 e. The van der Waals surface area contributed by atoms with Crippen molar-refractivity contribution in [2.75, 3.05) is 5.32 Å². The Labute approximate surface area is 128 Å². The minimum atomic E-state index is -0.358. The van der Waals surface area contributed by atoms with Crippen LogP contribution in [0, 0.1) is 26.6 Å². The zero-order valence-electron chi connectivity index (χ0n) is 12.8. The van der Waals surface area contributed by atoms with Gasteiger partial charge < -0.3 is 10.3 Å². The van der Waals surface area contributed by atoms with Gasteiger partial charge in [-0.1, -0.05) is 17.7 Å². The minimum Gasteiger partial charge on any atom is -0.360 e. The Morgan fingerprint density at radius 2 is 1.77 bits per heavy atom. The van der Waals surface area contributed by atoms with Crippen molar-refractivity contribution in [1.29, 1.82) is 0 Å². The van der Waals surface area contributed by atoms with Crippen LogP contribution in [0.4, 0.5) is 10.1 Å². The third-order valence-corrected chi connectivity index (χ3v) is 3.80. The van der Waals surface area contributed by atoms with Crippen molar-refractivity contribution in [3.63, 3.8) is 0 Å². The van der Waals surface area contributed by atoms with Crippen molar-refractivity contribution in [2.45, 2.75) is 20.8 Å². The standard InChI is InChI=1S/C18H17FN2O/c1-10-6-11(2)17(12(3)7-10)21-18(22)15-9-20-16-5-4-13(19)8-14(15)16/h4-9,20H,1-3H3,(H,21,22). The Bertz CT molecular complexity index is 857. The number of halogens is 1. The van der Waals surface area contributed by atoms with Crippen LogP contribution < -0.4 is 5.32 Å². The van der Waals surface area contributed by atoms with Gasteiger partial charge in [0.15, 0.2) is 0 Å². The first-order valence-electron chi connectivity index (χ1n) is 7.11. The number of carbonyl (C=O) groups excluding carboxylic acids is 1. The number of H-pyrrole nitrogens is 1. The molecule has 0 saturated heterocycles. The number of benzene rings is 2. The number of aryl methyl sites for hydroxylation is 3. The second-order valence-electron chi connectivity index (χ2n) is 5.62. The molecule has 3 aromatic rings. The van der Waals surface area contributed by atoms with Gasteiger partial charge in [-0.25, -0.2) is 4.39 Å². The van der Waals surface area contributed by atoms with Crippen molar-refractivity contribution in [3.8, 4) is 0 Å². The maximum atomic E-state index is 13.4. The molecule has 0 saturated carbocycles. The Hall–Kier alpha value is -2.62. The summed E-state index contributed by atoms with van der Waals surface area (Å²) in [5.41, 5.74) is 5.16. The predicted molar refractivity (Wildman–Crippen MR) is 86.9 cm³/mol. The van der Waals surface area contributed by atoms with Crippen LogP contribution in [0.3, 0.4) is 0 Å². The molecule has 0 aliphatic heterocycles. The largest absolute Gasteiger partial charge is 0.360 e. The van der Waals surface area contributed by atoms with Crippen LogP contribution in [0.15, 0.2) is 36.5 Å². The highest BCUT2D eigenvalue weighted by atomic mass is 19.1. The number of nitrogens with one attached hydrogen (secondary N) is 2. The molecule has 0 bridgehead atoms. The minimum absolute atomic E-state index is 0.244. The van der Waals surface area contributed by atoms with Crippen LogP contribution in [0.25, 0.3) is 10.9 Å². The zero-order chi connectivity index (χ0) is 15.9. The maximum absolute atomic E-state index is 13.4. The maximum Gasteiger partial charge on any atom is 0.257 e. The van der Waals surface area contributed by atoms with Gasteiger partial charge in [-0.15, -0.1) is 0 Å². The molecular formula is C18H17FN2O. The number of aromatic amines is 1. The number of amides is 1. The lowest BCUT2D eigenvalue weighted by Gasteiger charge is -2.12. The summed E-state index contributed by atoms with van der Waals surface area (Å²) in [6.07, 6.45) is 1.61. The summed E-state index contributed by atoms with van der Waals surface area (Å²) in [7, 11) is 0. The van der Waals surface area contributed by atoms with Crippen molar-refractivity contribution in [2.24, 2.45) is 0 Å². The van der Waals surface area contributed by atoms with Crippen molar-refractivity contribution < 1.29 is 9.18 Å². The van der Waals surface area contributed by atoms with Gasteiger partial charge in [0.1, 0.15) is 5.82 Å². The average molecular weight is 296 g/mol. The molecule has 2 N–H and O–H groups in total. The highest BCUT2D eigenvalue weighted by Gasteiger charge is 2.15. The molecule has 0 aliphatic carbocycles. The predicted octanol–water partition coefficient (Wildman–Crippen LogP) is 4.48. The normalized spacial score (nSPS) is 10.9. The van der Waals surface area contributed by atoms with Gasteiger partial charge in [0.2, 0.25) is 0 Å². The van der Waals surface area contributed by atoms with Crippen LogP contribution in [0.2, 0.25) is 0 Å². The number of rotatable bonds is 2. The molecule has 2 aromatic carbocycles. The van der Waals surface area contributed by atoms with Crippen LogP contribution in [0.1, 0.15) is 27.0 Å². The Morgan fingerprint density at radius 3 is 2.45 bits per heavy atom. The van der Waals surface area contributed by atoms with E-state index in [1.165, 1.54) is 12.1 Å². The molecule has 112 valence electrons. The molecule has 0 radical (unpaired) electrons. The van der Waals surface area contributed by atoms with Gasteiger partial charge in [-0.3, -0.25) is 4.79 Å². The van der Waals surface area contributed by atoms with E-state index in [2.05, 4.69) is 10.3 Å². The second kappa shape index (κ2) is 5.30. The summed E-state index contributed by atoms with van der Waals surface area (Å²) in [6.45, 7) is 5.95. The highest BCUT2D eigenvalue weighted by molar-refractivity contribution is 6.13. The van der Waals surface area contributed by atoms with Gasteiger partial charge in [0.25, 0.3) is 5.91 Å². The monoisotopic (exact) mass is 296 g/mol. The Kier molecular flexibility index (Phi) is 3.45. The fourth-order valence-corrected chi connectivity index (χ4v) is 2.84. The second-order valence-corrected chi connectivity index (χ2v) is 5.62. The van der Waals surface area contributed by atoms with Gasteiger partial charge >= 0.3 is 0 Å². The molecule has 3 rings (SSSR count). The van der Waals surface area contributed by atoms with Crippen LogP contribution >= 0.6 is 0 Å². The van der Waals surface area contributed by atoms with E-state index in [0.717, 1.165) is 27.9 Å². The van der Waals surface area contributed by atoms with E-state index < -0.39 is 0 Å². The first-order valence-corrected chi connectivity index (χ1v) is 7.11. The molecule has 1 aromatic heterocycles. The third-order valence-electron chi connectivity index (χ3n) is 3.80. The summed E-state index contributed by atoms with van der Waals surface area (Å²) in [6, 6.07) is 8.42. The van der Waals surface area contributed by atoms with E-state index in [1.807, 2.05) is 32.9 Å². The van der Waals surface area contributed by atoms with Crippen molar-refractivity contribution in [1.82, 2.24) is 4.98 Å². The first-order chi connectivity index (χ1) is 10.5. The summed E-state index contributed by atoms with van der Waals surface area (Å²) < 4.78 is 13.4. The summed E-state index contributed by atoms with van der Waals surface area (Å²) in [4.78, 5) is 15.5. The van der Waals surface area contributed by atoms with Gasteiger partial charge in [0, 0.05) is 22.8 Å². The highest BCUT2D eigenvalue weighted by Crippen LogP contribution is 2.25. The molecule has 0 aliphatic rings. The number of anilines is 1. The average Bonchev–Trinajstić information content (AvgIpc) is 2.85. The SMILES string of the molecule is Cc1cc(C)c(NC(=O)c2c[nH]c3ccc(F)cc23)c(C)c1. The third kappa shape index (κ3) is 2.48. The van der Waals surface area contributed by atoms with E-state index in [4.69, 9.17) is 0 Å². The fourth-order valence-electron chi connectivity index (χ4n) is 2.84. The van der Waals surface area contributed by atoms with Crippen molar-refractivity contribution in [3.05, 3.63) is 64.6 Å². The lowest BCUT2D eigenvalue weighted by molar-refractivity contribution is 0.102. The molecular weight excluding hydrogens is 279 g/mol. The van der Waals surface area contributed by atoms with Gasteiger partial charge in [0.05, 0.1) is 5.56 Å². The van der Waals surface area contributed by atoms with Gasteiger partial charge in [-0.05, 0) is 50.1 Å². The molecule has 0 fully saturated rings. The van der Waals surface area contributed by atoms with E-state index >= 15 is 0 Å². The zero-order valence-corrected chi connectivity index (χ0v) is 12.8. The summed E-state index contributed by atoms with van der Waals surface area (Å²) in [5, 5.41) is 3.52. The molecule has 0 spiro atoms. The van der Waals surface area contributed by atoms with E-state index in [-0.39, 0.29) is 11.7 Å². The fraction of sp³-hybridized carbons (Fsp3) is 0.167. The molecule has 4 heteroatoms. The van der Waals surface area contributed by atoms with Gasteiger partial charge in [-0.2, -0.15) is 0 Å². The first kappa shape index (κ1) is 14.3. The molecule has 0 atom stereocenters. The molecule has 1 heterocycles. The lowest BCUT2D eigenvalue weighted by atomic mass is 10.0. The molecule has 3 nitrogen and oxygen atoms in total. The topological polar surface area (TPSA) is 44.9 Å². The number of carbonyl (C=O) groups is 1. The van der Waals surface area contributed by atoms with E-state index in [1.54, 1.807) is 12.3 Å². The quantitative estimate of drug-likeness (QED) is 0.719. The number of fused-ring (bicyclic) bond motifs is 1.